The topological polar surface area (TPSA) is 65.1 Å². The molecule has 1 fully saturated rings. The Hall–Kier alpha value is -1.69. The number of nitrogens with zero attached hydrogens (tertiary/aromatic N) is 2. The molecule has 0 radical (unpaired) electrons. The Kier molecular flexibility index (Phi) is 4.05. The highest BCUT2D eigenvalue weighted by Gasteiger charge is 2.43. The highest BCUT2D eigenvalue weighted by molar-refractivity contribution is 5.30. The molecule has 2 aromatic rings. The summed E-state index contributed by atoms with van der Waals surface area (Å²) in [4.78, 5) is 4.51. The molecule has 21 heavy (non-hydrogen) atoms. The summed E-state index contributed by atoms with van der Waals surface area (Å²) in [5.74, 6) is 6.90. The van der Waals surface area contributed by atoms with Gasteiger partial charge in [0.25, 0.3) is 0 Å². The van der Waals surface area contributed by atoms with Gasteiger partial charge in [-0.2, -0.15) is 0 Å². The van der Waals surface area contributed by atoms with E-state index in [0.29, 0.717) is 0 Å². The summed E-state index contributed by atoms with van der Waals surface area (Å²) >= 11 is 0. The van der Waals surface area contributed by atoms with Gasteiger partial charge in [0.05, 0.1) is 6.04 Å². The molecule has 5 nitrogen and oxygen atoms in total. The summed E-state index contributed by atoms with van der Waals surface area (Å²) < 4.78 is 7.63. The lowest BCUT2D eigenvalue weighted by Crippen LogP contribution is -2.48. The van der Waals surface area contributed by atoms with Gasteiger partial charge >= 0.3 is 0 Å². The van der Waals surface area contributed by atoms with Crippen LogP contribution in [0.1, 0.15) is 30.3 Å². The number of hydrogen-bond acceptors (Lipinski definition) is 4. The molecular formula is C16H22N4O. The number of hydrazine groups is 1. The minimum Gasteiger partial charge on any atom is -0.381 e. The summed E-state index contributed by atoms with van der Waals surface area (Å²) in [7, 11) is 2.00. The van der Waals surface area contributed by atoms with E-state index in [4.69, 9.17) is 10.6 Å². The van der Waals surface area contributed by atoms with Gasteiger partial charge in [-0.1, -0.05) is 30.3 Å². The van der Waals surface area contributed by atoms with E-state index in [1.807, 2.05) is 30.1 Å². The fourth-order valence-corrected chi connectivity index (χ4v) is 3.39. The van der Waals surface area contributed by atoms with Crippen molar-refractivity contribution in [3.63, 3.8) is 0 Å². The molecule has 112 valence electrons. The first-order valence-electron chi connectivity index (χ1n) is 7.34. The number of nitrogens with two attached hydrogens (primary N) is 1. The molecule has 1 atom stereocenters. The van der Waals surface area contributed by atoms with Crippen LogP contribution in [0.3, 0.4) is 0 Å². The largest absolute Gasteiger partial charge is 0.381 e. The Balaban J connectivity index is 2.08. The summed E-state index contributed by atoms with van der Waals surface area (Å²) in [5.41, 5.74) is 4.22. The summed E-state index contributed by atoms with van der Waals surface area (Å²) in [6, 6.07) is 10.5. The van der Waals surface area contributed by atoms with Crippen LogP contribution in [0.4, 0.5) is 0 Å². The van der Waals surface area contributed by atoms with Gasteiger partial charge in [-0.3, -0.25) is 5.84 Å². The van der Waals surface area contributed by atoms with E-state index >= 15 is 0 Å². The fraction of sp³-hybridized carbons (Fsp3) is 0.438. The third-order valence-electron chi connectivity index (χ3n) is 4.57. The first kappa shape index (κ1) is 14.3. The van der Waals surface area contributed by atoms with E-state index in [1.165, 1.54) is 5.56 Å². The number of aryl methyl sites for hydroxylation is 1. The molecule has 0 aliphatic carbocycles. The second-order valence-corrected chi connectivity index (χ2v) is 5.63. The van der Waals surface area contributed by atoms with Crippen molar-refractivity contribution in [2.24, 2.45) is 12.9 Å². The van der Waals surface area contributed by atoms with Gasteiger partial charge < -0.3 is 9.30 Å². The normalized spacial score (nSPS) is 19.3. The number of nitrogens with one attached hydrogen (secondary N) is 1. The second-order valence-electron chi connectivity index (χ2n) is 5.63. The van der Waals surface area contributed by atoms with E-state index in [9.17, 15) is 0 Å². The first-order valence-corrected chi connectivity index (χ1v) is 7.34. The number of rotatable bonds is 4. The lowest BCUT2D eigenvalue weighted by Gasteiger charge is -2.43. The number of hydrogen-bond donors (Lipinski definition) is 2. The van der Waals surface area contributed by atoms with Crippen molar-refractivity contribution >= 4 is 0 Å². The number of aromatic nitrogens is 2. The molecule has 1 saturated heterocycles. The quantitative estimate of drug-likeness (QED) is 0.663. The molecule has 0 spiro atoms. The highest BCUT2D eigenvalue weighted by atomic mass is 16.5. The van der Waals surface area contributed by atoms with Crippen molar-refractivity contribution in [1.82, 2.24) is 15.0 Å². The van der Waals surface area contributed by atoms with Gasteiger partial charge in [-0.15, -0.1) is 0 Å². The zero-order chi connectivity index (χ0) is 14.7. The van der Waals surface area contributed by atoms with E-state index < -0.39 is 0 Å². The van der Waals surface area contributed by atoms with Gasteiger partial charge in [-0.05, 0) is 18.4 Å². The molecule has 0 bridgehead atoms. The SMILES string of the molecule is Cn1ccnc1C(NN)C1(c2ccccc2)CCOCC1. The van der Waals surface area contributed by atoms with Crippen LogP contribution in [0, 0.1) is 0 Å². The molecule has 2 heterocycles. The number of imidazole rings is 1. The first-order chi connectivity index (χ1) is 10.3. The van der Waals surface area contributed by atoms with Gasteiger partial charge in [0.15, 0.2) is 0 Å². The van der Waals surface area contributed by atoms with Crippen molar-refractivity contribution in [3.05, 3.63) is 54.1 Å². The Morgan fingerprint density at radius 1 is 1.29 bits per heavy atom. The molecule has 0 saturated carbocycles. The van der Waals surface area contributed by atoms with E-state index in [-0.39, 0.29) is 11.5 Å². The van der Waals surface area contributed by atoms with Crippen LogP contribution < -0.4 is 11.3 Å². The maximum absolute atomic E-state index is 5.94. The smallest absolute Gasteiger partial charge is 0.127 e. The van der Waals surface area contributed by atoms with Gasteiger partial charge in [0.2, 0.25) is 0 Å². The van der Waals surface area contributed by atoms with Gasteiger partial charge in [0, 0.05) is 38.1 Å². The Morgan fingerprint density at radius 2 is 2.00 bits per heavy atom. The number of ether oxygens (including phenoxy) is 1. The van der Waals surface area contributed by atoms with Crippen LogP contribution in [0.2, 0.25) is 0 Å². The standard InChI is InChI=1S/C16H22N4O/c1-20-10-9-18-15(20)14(19-17)16(7-11-21-12-8-16)13-5-3-2-4-6-13/h2-6,9-10,14,19H,7-8,11-12,17H2,1H3. The van der Waals surface area contributed by atoms with E-state index in [2.05, 4.69) is 34.7 Å². The molecule has 0 amide bonds. The molecule has 1 aliphatic heterocycles. The monoisotopic (exact) mass is 286 g/mol. The Bertz CT molecular complexity index is 575. The van der Waals surface area contributed by atoms with Crippen LogP contribution in [0.25, 0.3) is 0 Å². The maximum atomic E-state index is 5.94. The second kappa shape index (κ2) is 5.97. The Morgan fingerprint density at radius 3 is 2.57 bits per heavy atom. The van der Waals surface area contributed by atoms with Crippen molar-refractivity contribution < 1.29 is 4.74 Å². The predicted octanol–water partition coefficient (Wildman–Crippen LogP) is 1.67. The lowest BCUT2D eigenvalue weighted by molar-refractivity contribution is 0.0322. The average Bonchev–Trinajstić information content (AvgIpc) is 2.96. The van der Waals surface area contributed by atoms with Crippen LogP contribution >= 0.6 is 0 Å². The molecule has 1 aromatic carbocycles. The third-order valence-corrected chi connectivity index (χ3v) is 4.57. The summed E-state index contributed by atoms with van der Waals surface area (Å²) in [6.07, 6.45) is 5.63. The van der Waals surface area contributed by atoms with Gasteiger partial charge in [0.1, 0.15) is 5.82 Å². The summed E-state index contributed by atoms with van der Waals surface area (Å²) in [6.45, 7) is 1.50. The van der Waals surface area contributed by atoms with Crippen molar-refractivity contribution in [1.29, 1.82) is 0 Å². The van der Waals surface area contributed by atoms with Crippen LogP contribution in [-0.4, -0.2) is 22.8 Å². The molecule has 1 aromatic heterocycles. The molecule has 3 N–H and O–H groups in total. The molecular weight excluding hydrogens is 264 g/mol. The van der Waals surface area contributed by atoms with Crippen LogP contribution in [-0.2, 0) is 17.2 Å². The van der Waals surface area contributed by atoms with E-state index in [0.717, 1.165) is 31.9 Å². The number of benzene rings is 1. The van der Waals surface area contributed by atoms with Crippen LogP contribution in [0.5, 0.6) is 0 Å². The van der Waals surface area contributed by atoms with Crippen molar-refractivity contribution in [2.75, 3.05) is 13.2 Å². The van der Waals surface area contributed by atoms with Crippen molar-refractivity contribution in [3.8, 4) is 0 Å². The molecule has 1 unspecified atom stereocenters. The zero-order valence-corrected chi connectivity index (χ0v) is 12.3. The maximum Gasteiger partial charge on any atom is 0.127 e. The highest BCUT2D eigenvalue weighted by Crippen LogP contribution is 2.44. The third kappa shape index (κ3) is 2.48. The predicted molar refractivity (Wildman–Crippen MR) is 81.4 cm³/mol. The van der Waals surface area contributed by atoms with Gasteiger partial charge in [-0.25, -0.2) is 10.4 Å². The minimum atomic E-state index is -0.0899. The molecule has 5 heteroatoms. The van der Waals surface area contributed by atoms with E-state index in [1.54, 1.807) is 0 Å². The lowest BCUT2D eigenvalue weighted by atomic mass is 9.68. The fourth-order valence-electron chi connectivity index (χ4n) is 3.39. The zero-order valence-electron chi connectivity index (χ0n) is 12.3. The average molecular weight is 286 g/mol. The van der Waals surface area contributed by atoms with Crippen LogP contribution in [0.15, 0.2) is 42.7 Å². The Labute approximate surface area is 125 Å². The summed E-state index contributed by atoms with van der Waals surface area (Å²) in [5, 5.41) is 0. The molecule has 3 rings (SSSR count). The molecule has 1 aliphatic rings. The minimum absolute atomic E-state index is 0.0381. The van der Waals surface area contributed by atoms with Crippen molar-refractivity contribution in [2.45, 2.75) is 24.3 Å².